The summed E-state index contributed by atoms with van der Waals surface area (Å²) in [5, 5.41) is 6.03. The molecule has 1 heterocycles. The number of hydrogen-bond donors (Lipinski definition) is 1. The molecular weight excluding hydrogens is 315 g/mol. The van der Waals surface area contributed by atoms with Crippen molar-refractivity contribution in [2.24, 2.45) is 0 Å². The van der Waals surface area contributed by atoms with Crippen LogP contribution in [0.2, 0.25) is 15.1 Å². The van der Waals surface area contributed by atoms with Crippen molar-refractivity contribution >= 4 is 57.7 Å². The molecule has 0 atom stereocenters. The van der Waals surface area contributed by atoms with E-state index in [4.69, 9.17) is 34.8 Å². The Bertz CT molecular complexity index is 572. The van der Waals surface area contributed by atoms with Gasteiger partial charge in [-0.3, -0.25) is 4.79 Å². The van der Waals surface area contributed by atoms with Gasteiger partial charge in [-0.15, -0.1) is 11.3 Å². The number of anilines is 1. The largest absolute Gasteiger partial charge is 0.324 e. The van der Waals surface area contributed by atoms with Crippen molar-refractivity contribution in [3.8, 4) is 0 Å². The Labute approximate surface area is 123 Å². The van der Waals surface area contributed by atoms with Gasteiger partial charge in [0, 0.05) is 11.6 Å². The Kier molecular flexibility index (Phi) is 4.45. The number of carbonyl (C=O) groups is 1. The molecule has 1 aromatic carbocycles. The number of amides is 1. The highest BCUT2D eigenvalue weighted by Gasteiger charge is 2.12. The molecule has 2 aromatic rings. The highest BCUT2D eigenvalue weighted by atomic mass is 35.5. The van der Waals surface area contributed by atoms with Gasteiger partial charge in [0.25, 0.3) is 0 Å². The molecule has 1 N–H and O–H groups in total. The van der Waals surface area contributed by atoms with E-state index in [1.165, 1.54) is 11.3 Å². The van der Waals surface area contributed by atoms with Crippen molar-refractivity contribution in [1.29, 1.82) is 0 Å². The number of rotatable bonds is 3. The zero-order valence-electron chi connectivity index (χ0n) is 8.91. The summed E-state index contributed by atoms with van der Waals surface area (Å²) in [6.45, 7) is 0. The van der Waals surface area contributed by atoms with Crippen LogP contribution >= 0.6 is 46.1 Å². The highest BCUT2D eigenvalue weighted by Crippen LogP contribution is 2.35. The number of nitrogens with zero attached hydrogens (tertiary/aromatic N) is 1. The molecule has 94 valence electrons. The maximum atomic E-state index is 11.7. The van der Waals surface area contributed by atoms with Crippen LogP contribution in [0, 0.1) is 0 Å². The molecule has 0 unspecified atom stereocenters. The van der Waals surface area contributed by atoms with Gasteiger partial charge in [0.15, 0.2) is 0 Å². The van der Waals surface area contributed by atoms with Crippen LogP contribution in [0.3, 0.4) is 0 Å². The van der Waals surface area contributed by atoms with Gasteiger partial charge in [0.1, 0.15) is 5.01 Å². The number of halogens is 3. The van der Waals surface area contributed by atoms with E-state index in [1.807, 2.05) is 5.38 Å². The highest BCUT2D eigenvalue weighted by molar-refractivity contribution is 7.09. The summed E-state index contributed by atoms with van der Waals surface area (Å²) in [6, 6.07) is 3.19. The lowest BCUT2D eigenvalue weighted by Gasteiger charge is -2.08. The monoisotopic (exact) mass is 320 g/mol. The van der Waals surface area contributed by atoms with Crippen LogP contribution in [-0.2, 0) is 11.2 Å². The Morgan fingerprint density at radius 1 is 1.28 bits per heavy atom. The lowest BCUT2D eigenvalue weighted by molar-refractivity contribution is -0.115. The molecule has 0 aliphatic heterocycles. The van der Waals surface area contributed by atoms with Gasteiger partial charge in [-0.25, -0.2) is 4.98 Å². The van der Waals surface area contributed by atoms with E-state index in [-0.39, 0.29) is 22.4 Å². The van der Waals surface area contributed by atoms with Crippen molar-refractivity contribution in [2.45, 2.75) is 6.42 Å². The average molecular weight is 322 g/mol. The Balaban J connectivity index is 2.10. The molecular formula is C11H7Cl3N2OS. The number of thiazole rings is 1. The van der Waals surface area contributed by atoms with Crippen LogP contribution in [0.25, 0.3) is 0 Å². The molecule has 0 spiro atoms. The number of benzene rings is 1. The first-order valence-electron chi connectivity index (χ1n) is 4.89. The van der Waals surface area contributed by atoms with Gasteiger partial charge in [0.2, 0.25) is 5.91 Å². The van der Waals surface area contributed by atoms with E-state index in [0.717, 1.165) is 5.01 Å². The van der Waals surface area contributed by atoms with Gasteiger partial charge >= 0.3 is 0 Å². The summed E-state index contributed by atoms with van der Waals surface area (Å²) in [6.07, 6.45) is 1.85. The van der Waals surface area contributed by atoms with E-state index in [2.05, 4.69) is 10.3 Å². The van der Waals surface area contributed by atoms with E-state index in [9.17, 15) is 4.79 Å². The molecule has 0 aliphatic rings. The number of nitrogens with one attached hydrogen (secondary N) is 1. The Morgan fingerprint density at radius 2 is 2.06 bits per heavy atom. The van der Waals surface area contributed by atoms with Crippen LogP contribution in [0.4, 0.5) is 5.69 Å². The van der Waals surface area contributed by atoms with Crippen LogP contribution in [0.15, 0.2) is 23.7 Å². The SMILES string of the molecule is O=C(Cc1nccs1)Nc1ccc(Cl)c(Cl)c1Cl. The van der Waals surface area contributed by atoms with Crippen molar-refractivity contribution in [1.82, 2.24) is 4.98 Å². The predicted molar refractivity (Wildman–Crippen MR) is 75.9 cm³/mol. The fourth-order valence-corrected chi connectivity index (χ4v) is 2.49. The van der Waals surface area contributed by atoms with Gasteiger partial charge in [-0.05, 0) is 12.1 Å². The summed E-state index contributed by atoms with van der Waals surface area (Å²) in [5.41, 5.74) is 0.438. The normalized spacial score (nSPS) is 10.4. The fraction of sp³-hybridized carbons (Fsp3) is 0.0909. The summed E-state index contributed by atoms with van der Waals surface area (Å²) in [4.78, 5) is 15.8. The predicted octanol–water partition coefficient (Wildman–Crippen LogP) is 4.28. The van der Waals surface area contributed by atoms with Crippen molar-refractivity contribution in [2.75, 3.05) is 5.32 Å². The molecule has 0 fully saturated rings. The number of hydrogen-bond acceptors (Lipinski definition) is 3. The van der Waals surface area contributed by atoms with E-state index >= 15 is 0 Å². The second-order valence-corrected chi connectivity index (χ2v) is 5.52. The van der Waals surface area contributed by atoms with Crippen LogP contribution in [0.5, 0.6) is 0 Å². The molecule has 0 saturated carbocycles. The zero-order chi connectivity index (χ0) is 13.1. The molecule has 2 rings (SSSR count). The standard InChI is InChI=1S/C11H7Cl3N2OS/c12-6-1-2-7(11(14)10(6)13)16-8(17)5-9-15-3-4-18-9/h1-4H,5H2,(H,16,17). The van der Waals surface area contributed by atoms with Crippen molar-refractivity contribution in [3.63, 3.8) is 0 Å². The molecule has 0 bridgehead atoms. The first-order chi connectivity index (χ1) is 8.58. The van der Waals surface area contributed by atoms with Crippen LogP contribution < -0.4 is 5.32 Å². The van der Waals surface area contributed by atoms with Crippen LogP contribution in [-0.4, -0.2) is 10.9 Å². The molecule has 3 nitrogen and oxygen atoms in total. The number of aromatic nitrogens is 1. The van der Waals surface area contributed by atoms with Gasteiger partial charge in [0.05, 0.1) is 27.2 Å². The first kappa shape index (κ1) is 13.6. The maximum absolute atomic E-state index is 11.7. The number of carbonyl (C=O) groups excluding carboxylic acids is 1. The third kappa shape index (κ3) is 3.14. The third-order valence-electron chi connectivity index (χ3n) is 2.10. The molecule has 1 amide bonds. The van der Waals surface area contributed by atoms with Gasteiger partial charge < -0.3 is 5.32 Å². The minimum absolute atomic E-state index is 0.203. The van der Waals surface area contributed by atoms with E-state index in [1.54, 1.807) is 18.3 Å². The minimum Gasteiger partial charge on any atom is -0.324 e. The summed E-state index contributed by atoms with van der Waals surface area (Å²) in [5.74, 6) is -0.203. The van der Waals surface area contributed by atoms with E-state index in [0.29, 0.717) is 10.7 Å². The second-order valence-electron chi connectivity index (χ2n) is 3.37. The second kappa shape index (κ2) is 5.89. The molecule has 1 aromatic heterocycles. The van der Waals surface area contributed by atoms with E-state index < -0.39 is 0 Å². The lowest BCUT2D eigenvalue weighted by Crippen LogP contribution is -2.14. The topological polar surface area (TPSA) is 42.0 Å². The first-order valence-corrected chi connectivity index (χ1v) is 6.91. The molecule has 0 saturated heterocycles. The van der Waals surface area contributed by atoms with Crippen molar-refractivity contribution < 1.29 is 4.79 Å². The summed E-state index contributed by atoms with van der Waals surface area (Å²) < 4.78 is 0. The summed E-state index contributed by atoms with van der Waals surface area (Å²) in [7, 11) is 0. The quantitative estimate of drug-likeness (QED) is 0.857. The molecule has 18 heavy (non-hydrogen) atoms. The minimum atomic E-state index is -0.203. The maximum Gasteiger partial charge on any atom is 0.231 e. The third-order valence-corrected chi connectivity index (χ3v) is 4.18. The van der Waals surface area contributed by atoms with Crippen molar-refractivity contribution in [3.05, 3.63) is 43.8 Å². The molecule has 7 heteroatoms. The van der Waals surface area contributed by atoms with Gasteiger partial charge in [-0.1, -0.05) is 34.8 Å². The van der Waals surface area contributed by atoms with Gasteiger partial charge in [-0.2, -0.15) is 0 Å². The average Bonchev–Trinajstić information content (AvgIpc) is 2.83. The Hall–Kier alpha value is -0.810. The fourth-order valence-electron chi connectivity index (χ4n) is 1.29. The lowest BCUT2D eigenvalue weighted by atomic mass is 10.3. The van der Waals surface area contributed by atoms with Crippen LogP contribution in [0.1, 0.15) is 5.01 Å². The molecule has 0 aliphatic carbocycles. The smallest absolute Gasteiger partial charge is 0.231 e. The summed E-state index contributed by atoms with van der Waals surface area (Å²) >= 11 is 19.1. The zero-order valence-corrected chi connectivity index (χ0v) is 12.0. The Morgan fingerprint density at radius 3 is 2.72 bits per heavy atom. The molecule has 0 radical (unpaired) electrons.